The van der Waals surface area contributed by atoms with Gasteiger partial charge < -0.3 is 10.2 Å². The van der Waals surface area contributed by atoms with Gasteiger partial charge in [0.2, 0.25) is 5.91 Å². The van der Waals surface area contributed by atoms with E-state index in [-0.39, 0.29) is 18.3 Å². The number of nitrogens with zero attached hydrogens (tertiary/aromatic N) is 1. The van der Waals surface area contributed by atoms with Gasteiger partial charge in [-0.2, -0.15) is 0 Å². The number of carbonyl (C=O) groups is 1. The first kappa shape index (κ1) is 16.8. The van der Waals surface area contributed by atoms with Gasteiger partial charge in [-0.15, -0.1) is 12.4 Å². The Balaban J connectivity index is 0.00000180. The van der Waals surface area contributed by atoms with Crippen LogP contribution in [0.3, 0.4) is 0 Å². The molecule has 112 valence electrons. The van der Waals surface area contributed by atoms with Crippen LogP contribution in [0.5, 0.6) is 0 Å². The molecule has 4 heteroatoms. The zero-order chi connectivity index (χ0) is 13.0. The summed E-state index contributed by atoms with van der Waals surface area (Å²) < 4.78 is 0. The standard InChI is InChI=1S/C15H28N2O.ClH/c1-3-14(10-13-6-4-5-7-13)15(18)17-9-8-16-12(2)11-17;/h12-14,16H,3-11H2,1-2H3;1H. The summed E-state index contributed by atoms with van der Waals surface area (Å²) in [6.45, 7) is 7.07. The fraction of sp³-hybridized carbons (Fsp3) is 0.933. The van der Waals surface area contributed by atoms with Crippen LogP contribution in [0.1, 0.15) is 52.4 Å². The van der Waals surface area contributed by atoms with Gasteiger partial charge in [0.1, 0.15) is 0 Å². The molecule has 1 N–H and O–H groups in total. The molecule has 19 heavy (non-hydrogen) atoms. The van der Waals surface area contributed by atoms with Gasteiger partial charge in [-0.05, 0) is 25.7 Å². The minimum atomic E-state index is 0. The first-order valence-electron chi connectivity index (χ1n) is 7.73. The molecule has 0 aromatic rings. The lowest BCUT2D eigenvalue weighted by atomic mass is 9.90. The molecule has 0 aromatic carbocycles. The molecule has 2 fully saturated rings. The van der Waals surface area contributed by atoms with Gasteiger partial charge in [-0.1, -0.05) is 32.6 Å². The molecule has 0 spiro atoms. The molecule has 3 nitrogen and oxygen atoms in total. The zero-order valence-electron chi connectivity index (χ0n) is 12.4. The van der Waals surface area contributed by atoms with Crippen molar-refractivity contribution in [1.82, 2.24) is 10.2 Å². The highest BCUT2D eigenvalue weighted by Crippen LogP contribution is 2.32. The highest BCUT2D eigenvalue weighted by Gasteiger charge is 2.29. The first-order valence-corrected chi connectivity index (χ1v) is 7.73. The van der Waals surface area contributed by atoms with Crippen LogP contribution in [-0.4, -0.2) is 36.5 Å². The molecular formula is C15H29ClN2O. The predicted molar refractivity (Wildman–Crippen MR) is 81.6 cm³/mol. The molecule has 2 atom stereocenters. The minimum absolute atomic E-state index is 0. The van der Waals surface area contributed by atoms with E-state index in [9.17, 15) is 4.79 Å². The molecule has 2 unspecified atom stereocenters. The number of hydrogen-bond donors (Lipinski definition) is 1. The van der Waals surface area contributed by atoms with E-state index in [1.807, 2.05) is 0 Å². The Morgan fingerprint density at radius 1 is 1.37 bits per heavy atom. The van der Waals surface area contributed by atoms with Gasteiger partial charge in [-0.25, -0.2) is 0 Å². The number of nitrogens with one attached hydrogen (secondary N) is 1. The van der Waals surface area contributed by atoms with E-state index in [0.717, 1.165) is 38.4 Å². The van der Waals surface area contributed by atoms with E-state index in [1.165, 1.54) is 25.7 Å². The summed E-state index contributed by atoms with van der Waals surface area (Å²) in [6, 6.07) is 0.451. The normalized spacial score (nSPS) is 26.0. The maximum atomic E-state index is 12.6. The molecule has 0 aromatic heterocycles. The van der Waals surface area contributed by atoms with Crippen LogP contribution < -0.4 is 5.32 Å². The number of rotatable bonds is 4. The maximum absolute atomic E-state index is 12.6. The van der Waals surface area contributed by atoms with Crippen LogP contribution in [-0.2, 0) is 4.79 Å². The van der Waals surface area contributed by atoms with E-state index in [1.54, 1.807) is 0 Å². The molecule has 0 bridgehead atoms. The van der Waals surface area contributed by atoms with Crippen molar-refractivity contribution in [3.8, 4) is 0 Å². The third kappa shape index (κ3) is 4.64. The van der Waals surface area contributed by atoms with E-state index in [2.05, 4.69) is 24.1 Å². The smallest absolute Gasteiger partial charge is 0.225 e. The van der Waals surface area contributed by atoms with Crippen LogP contribution in [0.15, 0.2) is 0 Å². The number of halogens is 1. The topological polar surface area (TPSA) is 32.3 Å². The maximum Gasteiger partial charge on any atom is 0.225 e. The molecule has 1 aliphatic carbocycles. The van der Waals surface area contributed by atoms with Gasteiger partial charge >= 0.3 is 0 Å². The van der Waals surface area contributed by atoms with Crippen molar-refractivity contribution in [2.75, 3.05) is 19.6 Å². The quantitative estimate of drug-likeness (QED) is 0.863. The molecule has 2 aliphatic rings. The van der Waals surface area contributed by atoms with Crippen molar-refractivity contribution >= 4 is 18.3 Å². The third-order valence-electron chi connectivity index (χ3n) is 4.62. The number of amides is 1. The van der Waals surface area contributed by atoms with E-state index < -0.39 is 0 Å². The molecule has 2 rings (SSSR count). The summed E-state index contributed by atoms with van der Waals surface area (Å²) in [5.74, 6) is 1.51. The minimum Gasteiger partial charge on any atom is -0.340 e. The lowest BCUT2D eigenvalue weighted by Crippen LogP contribution is -2.52. The summed E-state index contributed by atoms with van der Waals surface area (Å²) in [5, 5.41) is 3.40. The molecule has 1 saturated carbocycles. The lowest BCUT2D eigenvalue weighted by molar-refractivity contribution is -0.137. The van der Waals surface area contributed by atoms with Crippen molar-refractivity contribution in [2.45, 2.75) is 58.4 Å². The molecular weight excluding hydrogens is 260 g/mol. The molecule has 1 amide bonds. The summed E-state index contributed by atoms with van der Waals surface area (Å²) in [5.41, 5.74) is 0. The highest BCUT2D eigenvalue weighted by atomic mass is 35.5. The van der Waals surface area contributed by atoms with Crippen LogP contribution in [0, 0.1) is 11.8 Å². The Labute approximate surface area is 123 Å². The van der Waals surface area contributed by atoms with Crippen molar-refractivity contribution in [1.29, 1.82) is 0 Å². The number of carbonyl (C=O) groups excluding carboxylic acids is 1. The fourth-order valence-electron chi connectivity index (χ4n) is 3.48. The molecule has 0 radical (unpaired) electrons. The average Bonchev–Trinajstić information content (AvgIpc) is 2.88. The van der Waals surface area contributed by atoms with E-state index in [4.69, 9.17) is 0 Å². The summed E-state index contributed by atoms with van der Waals surface area (Å²) >= 11 is 0. The van der Waals surface area contributed by atoms with E-state index in [0.29, 0.717) is 11.9 Å². The summed E-state index contributed by atoms with van der Waals surface area (Å²) in [7, 11) is 0. The van der Waals surface area contributed by atoms with Crippen molar-refractivity contribution < 1.29 is 4.79 Å². The number of hydrogen-bond acceptors (Lipinski definition) is 2. The van der Waals surface area contributed by atoms with Gasteiger partial charge in [0, 0.05) is 31.6 Å². The first-order chi connectivity index (χ1) is 8.70. The highest BCUT2D eigenvalue weighted by molar-refractivity contribution is 5.85. The number of piperazine rings is 1. The van der Waals surface area contributed by atoms with E-state index >= 15 is 0 Å². The molecule has 1 saturated heterocycles. The van der Waals surface area contributed by atoms with Crippen molar-refractivity contribution in [3.63, 3.8) is 0 Å². The third-order valence-corrected chi connectivity index (χ3v) is 4.62. The van der Waals surface area contributed by atoms with Crippen LogP contribution >= 0.6 is 12.4 Å². The largest absolute Gasteiger partial charge is 0.340 e. The molecule has 1 aliphatic heterocycles. The Morgan fingerprint density at radius 3 is 2.63 bits per heavy atom. The van der Waals surface area contributed by atoms with Gasteiger partial charge in [0.05, 0.1) is 0 Å². The summed E-state index contributed by atoms with van der Waals surface area (Å²) in [4.78, 5) is 14.6. The SMILES string of the molecule is CCC(CC1CCCC1)C(=O)N1CCNC(C)C1.Cl. The second kappa shape index (κ2) is 8.11. The van der Waals surface area contributed by atoms with Gasteiger partial charge in [-0.3, -0.25) is 4.79 Å². The monoisotopic (exact) mass is 288 g/mol. The van der Waals surface area contributed by atoms with Crippen LogP contribution in [0.2, 0.25) is 0 Å². The predicted octanol–water partition coefficient (Wildman–Crippen LogP) is 2.84. The lowest BCUT2D eigenvalue weighted by Gasteiger charge is -2.34. The van der Waals surface area contributed by atoms with Crippen LogP contribution in [0.4, 0.5) is 0 Å². The van der Waals surface area contributed by atoms with Gasteiger partial charge in [0.15, 0.2) is 0 Å². The molecule has 1 heterocycles. The van der Waals surface area contributed by atoms with Crippen molar-refractivity contribution in [2.24, 2.45) is 11.8 Å². The second-order valence-corrected chi connectivity index (χ2v) is 6.13. The Kier molecular flexibility index (Phi) is 7.16. The Morgan fingerprint density at radius 2 is 2.05 bits per heavy atom. The second-order valence-electron chi connectivity index (χ2n) is 6.13. The van der Waals surface area contributed by atoms with Gasteiger partial charge in [0.25, 0.3) is 0 Å². The average molecular weight is 289 g/mol. The zero-order valence-corrected chi connectivity index (χ0v) is 13.2. The van der Waals surface area contributed by atoms with Crippen molar-refractivity contribution in [3.05, 3.63) is 0 Å². The Bertz CT molecular complexity index is 279. The van der Waals surface area contributed by atoms with Crippen LogP contribution in [0.25, 0.3) is 0 Å². The fourth-order valence-corrected chi connectivity index (χ4v) is 3.48. The summed E-state index contributed by atoms with van der Waals surface area (Å²) in [6.07, 6.45) is 7.59. The Hall–Kier alpha value is -0.280.